The Bertz CT molecular complexity index is 659. The molecule has 0 saturated carbocycles. The Kier molecular flexibility index (Phi) is 4.27. The van der Waals surface area contributed by atoms with E-state index in [1.165, 1.54) is 5.56 Å². The van der Waals surface area contributed by atoms with Gasteiger partial charge in [0.2, 0.25) is 0 Å². The lowest BCUT2D eigenvalue weighted by molar-refractivity contribution is 0.591. The Labute approximate surface area is 114 Å². The first-order valence-electron chi connectivity index (χ1n) is 6.48. The molecule has 0 atom stereocenters. The van der Waals surface area contributed by atoms with E-state index in [2.05, 4.69) is 23.5 Å². The predicted molar refractivity (Wildman–Crippen MR) is 79.0 cm³/mol. The van der Waals surface area contributed by atoms with Gasteiger partial charge in [-0.1, -0.05) is 13.0 Å². The Morgan fingerprint density at radius 3 is 2.74 bits per heavy atom. The van der Waals surface area contributed by atoms with E-state index < -0.39 is 9.84 Å². The molecule has 0 saturated heterocycles. The molecule has 0 radical (unpaired) electrons. The van der Waals surface area contributed by atoms with Crippen LogP contribution in [0.1, 0.15) is 12.5 Å². The van der Waals surface area contributed by atoms with Gasteiger partial charge in [-0.15, -0.1) is 0 Å². The van der Waals surface area contributed by atoms with E-state index in [0.29, 0.717) is 6.54 Å². The molecule has 0 amide bonds. The quantitative estimate of drug-likeness (QED) is 0.878. The van der Waals surface area contributed by atoms with Crippen LogP contribution in [0, 0.1) is 0 Å². The Hall–Kier alpha value is -1.33. The third kappa shape index (κ3) is 3.36. The summed E-state index contributed by atoms with van der Waals surface area (Å²) in [6.07, 6.45) is 1.96. The number of nitrogens with zero attached hydrogens (tertiary/aromatic N) is 1. The second kappa shape index (κ2) is 5.75. The molecule has 19 heavy (non-hydrogen) atoms. The number of sulfone groups is 1. The van der Waals surface area contributed by atoms with Gasteiger partial charge >= 0.3 is 0 Å². The minimum Gasteiger partial charge on any atom is -0.346 e. The van der Waals surface area contributed by atoms with Crippen LogP contribution in [0.5, 0.6) is 0 Å². The number of aromatic nitrogens is 1. The molecule has 0 spiro atoms. The lowest BCUT2D eigenvalue weighted by Crippen LogP contribution is -2.14. The van der Waals surface area contributed by atoms with Crippen molar-refractivity contribution in [3.05, 3.63) is 36.0 Å². The van der Waals surface area contributed by atoms with Crippen LogP contribution >= 0.6 is 0 Å². The zero-order chi connectivity index (χ0) is 13.9. The van der Waals surface area contributed by atoms with Gasteiger partial charge in [-0.05, 0) is 36.2 Å². The SMILES string of the molecule is CCS(=O)(=O)CCn1ccc2cc(CNC)ccc21. The van der Waals surface area contributed by atoms with E-state index in [4.69, 9.17) is 0 Å². The van der Waals surface area contributed by atoms with E-state index in [0.717, 1.165) is 17.4 Å². The third-order valence-corrected chi connectivity index (χ3v) is 4.98. The molecule has 2 aromatic rings. The fourth-order valence-electron chi connectivity index (χ4n) is 2.14. The Morgan fingerprint density at radius 2 is 2.05 bits per heavy atom. The molecule has 4 nitrogen and oxygen atoms in total. The lowest BCUT2D eigenvalue weighted by atomic mass is 10.1. The van der Waals surface area contributed by atoms with Crippen LogP contribution in [0.2, 0.25) is 0 Å². The van der Waals surface area contributed by atoms with E-state index in [-0.39, 0.29) is 11.5 Å². The molecule has 1 aromatic heterocycles. The van der Waals surface area contributed by atoms with Crippen molar-refractivity contribution in [1.82, 2.24) is 9.88 Å². The van der Waals surface area contributed by atoms with Crippen molar-refractivity contribution in [3.8, 4) is 0 Å². The van der Waals surface area contributed by atoms with Gasteiger partial charge in [0.25, 0.3) is 0 Å². The Balaban J connectivity index is 2.21. The molecule has 1 aromatic carbocycles. The standard InChI is InChI=1S/C14H20N2O2S/c1-3-19(17,18)9-8-16-7-6-13-10-12(11-15-2)4-5-14(13)16/h4-7,10,15H,3,8-9,11H2,1-2H3. The molecule has 104 valence electrons. The molecule has 2 rings (SSSR count). The highest BCUT2D eigenvalue weighted by molar-refractivity contribution is 7.91. The summed E-state index contributed by atoms with van der Waals surface area (Å²) in [6.45, 7) is 3.05. The molecular formula is C14H20N2O2S. The minimum atomic E-state index is -2.91. The summed E-state index contributed by atoms with van der Waals surface area (Å²) in [7, 11) is -0.990. The summed E-state index contributed by atoms with van der Waals surface area (Å²) < 4.78 is 25.1. The van der Waals surface area contributed by atoms with Crippen LogP contribution in [-0.4, -0.2) is 31.5 Å². The summed E-state index contributed by atoms with van der Waals surface area (Å²) in [6, 6.07) is 8.30. The number of hydrogen-bond acceptors (Lipinski definition) is 3. The van der Waals surface area contributed by atoms with Crippen molar-refractivity contribution in [2.24, 2.45) is 0 Å². The summed E-state index contributed by atoms with van der Waals surface area (Å²) in [5, 5.41) is 4.28. The first-order chi connectivity index (χ1) is 9.05. The average molecular weight is 280 g/mol. The van der Waals surface area contributed by atoms with Crippen LogP contribution in [0.4, 0.5) is 0 Å². The number of rotatable bonds is 6. The maximum absolute atomic E-state index is 11.5. The number of nitrogens with one attached hydrogen (secondary N) is 1. The molecule has 0 aliphatic rings. The van der Waals surface area contributed by atoms with Crippen molar-refractivity contribution < 1.29 is 8.42 Å². The van der Waals surface area contributed by atoms with E-state index >= 15 is 0 Å². The molecule has 1 N–H and O–H groups in total. The number of benzene rings is 1. The maximum atomic E-state index is 11.5. The molecule has 0 unspecified atom stereocenters. The molecule has 0 bridgehead atoms. The highest BCUT2D eigenvalue weighted by Gasteiger charge is 2.09. The monoisotopic (exact) mass is 280 g/mol. The van der Waals surface area contributed by atoms with Crippen LogP contribution in [0.3, 0.4) is 0 Å². The third-order valence-electron chi connectivity index (χ3n) is 3.30. The molecular weight excluding hydrogens is 260 g/mol. The van der Waals surface area contributed by atoms with Crippen molar-refractivity contribution in [1.29, 1.82) is 0 Å². The average Bonchev–Trinajstić information content (AvgIpc) is 2.79. The largest absolute Gasteiger partial charge is 0.346 e. The first-order valence-corrected chi connectivity index (χ1v) is 8.30. The van der Waals surface area contributed by atoms with Gasteiger partial charge in [0, 0.05) is 30.6 Å². The lowest BCUT2D eigenvalue weighted by Gasteiger charge is -2.06. The van der Waals surface area contributed by atoms with Gasteiger partial charge in [-0.25, -0.2) is 8.42 Å². The number of hydrogen-bond donors (Lipinski definition) is 1. The number of fused-ring (bicyclic) bond motifs is 1. The van der Waals surface area contributed by atoms with Crippen molar-refractivity contribution in [3.63, 3.8) is 0 Å². The van der Waals surface area contributed by atoms with Gasteiger partial charge in [0.1, 0.15) is 0 Å². The van der Waals surface area contributed by atoms with Gasteiger partial charge < -0.3 is 9.88 Å². The van der Waals surface area contributed by atoms with Crippen molar-refractivity contribution >= 4 is 20.7 Å². The fourth-order valence-corrected chi connectivity index (χ4v) is 2.90. The topological polar surface area (TPSA) is 51.1 Å². The molecule has 5 heteroatoms. The Morgan fingerprint density at radius 1 is 1.26 bits per heavy atom. The fraction of sp³-hybridized carbons (Fsp3) is 0.429. The molecule has 1 heterocycles. The smallest absolute Gasteiger partial charge is 0.151 e. The zero-order valence-corrected chi connectivity index (χ0v) is 12.2. The van der Waals surface area contributed by atoms with Crippen molar-refractivity contribution in [2.45, 2.75) is 20.0 Å². The summed E-state index contributed by atoms with van der Waals surface area (Å²) >= 11 is 0. The zero-order valence-electron chi connectivity index (χ0n) is 11.4. The van der Waals surface area contributed by atoms with Gasteiger partial charge in [0.05, 0.1) is 5.75 Å². The second-order valence-electron chi connectivity index (χ2n) is 4.67. The van der Waals surface area contributed by atoms with E-state index in [9.17, 15) is 8.42 Å². The molecule has 0 aliphatic carbocycles. The summed E-state index contributed by atoms with van der Waals surface area (Å²) in [5.74, 6) is 0.407. The highest BCUT2D eigenvalue weighted by Crippen LogP contribution is 2.18. The summed E-state index contributed by atoms with van der Waals surface area (Å²) in [5.41, 5.74) is 2.32. The predicted octanol–water partition coefficient (Wildman–Crippen LogP) is 1.80. The second-order valence-corrected chi connectivity index (χ2v) is 7.14. The maximum Gasteiger partial charge on any atom is 0.151 e. The normalized spacial score (nSPS) is 12.1. The molecule has 0 fully saturated rings. The van der Waals surface area contributed by atoms with Crippen LogP contribution in [-0.2, 0) is 22.9 Å². The van der Waals surface area contributed by atoms with Crippen molar-refractivity contribution in [2.75, 3.05) is 18.6 Å². The van der Waals surface area contributed by atoms with E-state index in [1.807, 2.05) is 23.9 Å². The van der Waals surface area contributed by atoms with Gasteiger partial charge in [-0.2, -0.15) is 0 Å². The van der Waals surface area contributed by atoms with Crippen LogP contribution in [0.25, 0.3) is 10.9 Å². The van der Waals surface area contributed by atoms with E-state index in [1.54, 1.807) is 6.92 Å². The highest BCUT2D eigenvalue weighted by atomic mass is 32.2. The van der Waals surface area contributed by atoms with Crippen LogP contribution in [0.15, 0.2) is 30.5 Å². The van der Waals surface area contributed by atoms with Gasteiger partial charge in [0.15, 0.2) is 9.84 Å². The first kappa shape index (κ1) is 14.1. The summed E-state index contributed by atoms with van der Waals surface area (Å²) in [4.78, 5) is 0. The van der Waals surface area contributed by atoms with Crippen LogP contribution < -0.4 is 5.32 Å². The van der Waals surface area contributed by atoms with Gasteiger partial charge in [-0.3, -0.25) is 0 Å². The minimum absolute atomic E-state index is 0.200. The number of aryl methyl sites for hydroxylation is 1. The molecule has 0 aliphatic heterocycles.